The van der Waals surface area contributed by atoms with Crippen LogP contribution in [0.3, 0.4) is 0 Å². The number of phenols is 1. The van der Waals surface area contributed by atoms with Crippen LogP contribution in [0.4, 0.5) is 0 Å². The molecule has 1 aromatic rings. The monoisotopic (exact) mass is 315 g/mol. The predicted molar refractivity (Wildman–Crippen MR) is 74.6 cm³/mol. The zero-order valence-electron chi connectivity index (χ0n) is 10.6. The summed E-state index contributed by atoms with van der Waals surface area (Å²) < 4.78 is 4.96. The van der Waals surface area contributed by atoms with E-state index in [4.69, 9.17) is 4.74 Å². The minimum Gasteiger partial charge on any atom is -0.504 e. The molecule has 100 valence electrons. The highest BCUT2D eigenvalue weighted by atomic mass is 79.9. The number of ether oxygens (including phenoxy) is 1. The van der Waals surface area contributed by atoms with Crippen LogP contribution in [0.25, 0.3) is 0 Å². The Labute approximate surface area is 115 Å². The number of methoxy groups -OCH3 is 1. The zero-order valence-corrected chi connectivity index (χ0v) is 12.2. The van der Waals surface area contributed by atoms with Crippen molar-refractivity contribution in [2.75, 3.05) is 13.7 Å². The van der Waals surface area contributed by atoms with Crippen molar-refractivity contribution in [3.8, 4) is 11.5 Å². The Bertz CT molecular complexity index is 407. The second-order valence-corrected chi connectivity index (χ2v) is 5.60. The summed E-state index contributed by atoms with van der Waals surface area (Å²) in [7, 11) is 1.45. The van der Waals surface area contributed by atoms with E-state index in [0.717, 1.165) is 12.8 Å². The molecule has 1 rings (SSSR count). The molecule has 0 saturated carbocycles. The van der Waals surface area contributed by atoms with Crippen molar-refractivity contribution in [3.63, 3.8) is 0 Å². The van der Waals surface area contributed by atoms with Gasteiger partial charge in [-0.1, -0.05) is 28.9 Å². The number of aromatic hydroxyl groups is 1. The zero-order chi connectivity index (χ0) is 13.5. The maximum absolute atomic E-state index is 11.8. The van der Waals surface area contributed by atoms with Crippen LogP contribution < -0.4 is 10.1 Å². The lowest BCUT2D eigenvalue weighted by Gasteiger charge is -2.09. The lowest BCUT2D eigenvalue weighted by Crippen LogP contribution is -2.24. The Balaban J connectivity index is 2.56. The first kappa shape index (κ1) is 14.8. The summed E-state index contributed by atoms with van der Waals surface area (Å²) in [6.07, 6.45) is 1.88. The Hall–Kier alpha value is -1.23. The molecule has 1 unspecified atom stereocenters. The van der Waals surface area contributed by atoms with E-state index in [9.17, 15) is 9.90 Å². The van der Waals surface area contributed by atoms with Gasteiger partial charge in [-0.2, -0.15) is 0 Å². The van der Waals surface area contributed by atoms with Crippen LogP contribution >= 0.6 is 15.9 Å². The number of benzene rings is 1. The SMILES string of the molecule is COc1cccc(C(=O)NCCCC(C)Br)c1O. The highest BCUT2D eigenvalue weighted by Gasteiger charge is 2.13. The first-order valence-electron chi connectivity index (χ1n) is 5.84. The van der Waals surface area contributed by atoms with Crippen LogP contribution in [0, 0.1) is 0 Å². The van der Waals surface area contributed by atoms with E-state index in [1.54, 1.807) is 18.2 Å². The number of carbonyl (C=O) groups is 1. The van der Waals surface area contributed by atoms with E-state index in [2.05, 4.69) is 28.2 Å². The molecular weight excluding hydrogens is 298 g/mol. The van der Waals surface area contributed by atoms with Gasteiger partial charge in [-0.3, -0.25) is 4.79 Å². The summed E-state index contributed by atoms with van der Waals surface area (Å²) in [4.78, 5) is 12.3. The molecule has 0 saturated heterocycles. The van der Waals surface area contributed by atoms with E-state index >= 15 is 0 Å². The Morgan fingerprint density at radius 3 is 2.89 bits per heavy atom. The standard InChI is InChI=1S/C13H18BrNO3/c1-9(14)5-4-8-15-13(17)10-6-3-7-11(18-2)12(10)16/h3,6-7,9,16H,4-5,8H2,1-2H3,(H,15,17). The van der Waals surface area contributed by atoms with Gasteiger partial charge in [-0.25, -0.2) is 0 Å². The molecule has 2 N–H and O–H groups in total. The van der Waals surface area contributed by atoms with E-state index in [-0.39, 0.29) is 17.2 Å². The van der Waals surface area contributed by atoms with E-state index in [0.29, 0.717) is 17.1 Å². The van der Waals surface area contributed by atoms with Crippen LogP contribution in [-0.4, -0.2) is 29.5 Å². The number of halogens is 1. The van der Waals surface area contributed by atoms with Crippen LogP contribution in [0.2, 0.25) is 0 Å². The molecule has 0 fully saturated rings. The molecule has 1 aromatic carbocycles. The molecule has 0 aliphatic carbocycles. The van der Waals surface area contributed by atoms with Gasteiger partial charge in [0.2, 0.25) is 0 Å². The number of rotatable bonds is 6. The average molecular weight is 316 g/mol. The predicted octanol–water partition coefficient (Wildman–Crippen LogP) is 2.69. The van der Waals surface area contributed by atoms with Gasteiger partial charge in [-0.05, 0) is 25.0 Å². The van der Waals surface area contributed by atoms with Crippen molar-refractivity contribution in [1.82, 2.24) is 5.32 Å². The van der Waals surface area contributed by atoms with E-state index < -0.39 is 0 Å². The first-order chi connectivity index (χ1) is 8.56. The number of para-hydroxylation sites is 1. The number of nitrogens with one attached hydrogen (secondary N) is 1. The van der Waals surface area contributed by atoms with Crippen LogP contribution in [0.15, 0.2) is 18.2 Å². The lowest BCUT2D eigenvalue weighted by molar-refractivity contribution is 0.0949. The molecule has 1 amide bonds. The third-order valence-corrected chi connectivity index (χ3v) is 2.99. The third-order valence-electron chi connectivity index (χ3n) is 2.53. The maximum atomic E-state index is 11.8. The molecule has 0 radical (unpaired) electrons. The summed E-state index contributed by atoms with van der Waals surface area (Å²) in [6, 6.07) is 4.85. The normalized spacial score (nSPS) is 11.9. The van der Waals surface area contributed by atoms with Gasteiger partial charge >= 0.3 is 0 Å². The number of phenolic OH excluding ortho intramolecular Hbond substituents is 1. The molecule has 18 heavy (non-hydrogen) atoms. The fraction of sp³-hybridized carbons (Fsp3) is 0.462. The summed E-state index contributed by atoms with van der Waals surface area (Å²) >= 11 is 3.45. The molecule has 0 aliphatic rings. The summed E-state index contributed by atoms with van der Waals surface area (Å²) in [6.45, 7) is 2.65. The van der Waals surface area contributed by atoms with Gasteiger partial charge in [0.05, 0.1) is 12.7 Å². The lowest BCUT2D eigenvalue weighted by atomic mass is 10.1. The van der Waals surface area contributed by atoms with Gasteiger partial charge in [0.15, 0.2) is 11.5 Å². The van der Waals surface area contributed by atoms with Crippen molar-refractivity contribution in [2.24, 2.45) is 0 Å². The number of alkyl halides is 1. The van der Waals surface area contributed by atoms with Crippen LogP contribution in [0.5, 0.6) is 11.5 Å². The van der Waals surface area contributed by atoms with Gasteiger partial charge in [-0.15, -0.1) is 0 Å². The highest BCUT2D eigenvalue weighted by Crippen LogP contribution is 2.29. The van der Waals surface area contributed by atoms with Crippen molar-refractivity contribution in [1.29, 1.82) is 0 Å². The van der Waals surface area contributed by atoms with Gasteiger partial charge < -0.3 is 15.2 Å². The third kappa shape index (κ3) is 4.22. The van der Waals surface area contributed by atoms with Gasteiger partial charge in [0.1, 0.15) is 0 Å². The molecule has 1 atom stereocenters. The number of hydrogen-bond acceptors (Lipinski definition) is 3. The molecular formula is C13H18BrNO3. The molecule has 0 spiro atoms. The topological polar surface area (TPSA) is 58.6 Å². The van der Waals surface area contributed by atoms with Crippen LogP contribution in [-0.2, 0) is 0 Å². The Morgan fingerprint density at radius 2 is 2.28 bits per heavy atom. The second-order valence-electron chi connectivity index (χ2n) is 4.04. The molecule has 0 bridgehead atoms. The smallest absolute Gasteiger partial charge is 0.255 e. The first-order valence-corrected chi connectivity index (χ1v) is 6.76. The fourth-order valence-corrected chi connectivity index (χ4v) is 1.87. The second kappa shape index (κ2) is 7.26. The van der Waals surface area contributed by atoms with Crippen molar-refractivity contribution in [3.05, 3.63) is 23.8 Å². The molecule has 4 nitrogen and oxygen atoms in total. The molecule has 0 aliphatic heterocycles. The Kier molecular flexibility index (Phi) is 5.98. The average Bonchev–Trinajstić information content (AvgIpc) is 2.34. The summed E-state index contributed by atoms with van der Waals surface area (Å²) in [5, 5.41) is 12.6. The number of amides is 1. The van der Waals surface area contributed by atoms with Crippen molar-refractivity contribution in [2.45, 2.75) is 24.6 Å². The minimum atomic E-state index is -0.284. The van der Waals surface area contributed by atoms with E-state index in [1.807, 2.05) is 0 Å². The molecule has 5 heteroatoms. The number of hydrogen-bond donors (Lipinski definition) is 2. The van der Waals surface area contributed by atoms with Crippen molar-refractivity contribution < 1.29 is 14.6 Å². The highest BCUT2D eigenvalue weighted by molar-refractivity contribution is 9.09. The Morgan fingerprint density at radius 1 is 1.56 bits per heavy atom. The summed E-state index contributed by atoms with van der Waals surface area (Å²) in [5.74, 6) is -0.100. The quantitative estimate of drug-likeness (QED) is 0.627. The van der Waals surface area contributed by atoms with Gasteiger partial charge in [0, 0.05) is 11.4 Å². The van der Waals surface area contributed by atoms with E-state index in [1.165, 1.54) is 7.11 Å². The largest absolute Gasteiger partial charge is 0.504 e. The maximum Gasteiger partial charge on any atom is 0.255 e. The summed E-state index contributed by atoms with van der Waals surface area (Å²) in [5.41, 5.74) is 0.237. The van der Waals surface area contributed by atoms with Crippen LogP contribution in [0.1, 0.15) is 30.1 Å². The molecule has 0 aromatic heterocycles. The minimum absolute atomic E-state index is 0.119. The number of carbonyl (C=O) groups excluding carboxylic acids is 1. The van der Waals surface area contributed by atoms with Crippen molar-refractivity contribution >= 4 is 21.8 Å². The fourth-order valence-electron chi connectivity index (χ4n) is 1.55. The molecule has 0 heterocycles. The van der Waals surface area contributed by atoms with Gasteiger partial charge in [0.25, 0.3) is 5.91 Å².